The molecule has 1 saturated carbocycles. The van der Waals surface area contributed by atoms with E-state index in [2.05, 4.69) is 16.0 Å². The Balaban J connectivity index is 1.39. The molecule has 3 N–H and O–H groups in total. The van der Waals surface area contributed by atoms with E-state index in [1.807, 2.05) is 6.92 Å². The summed E-state index contributed by atoms with van der Waals surface area (Å²) in [5.41, 5.74) is 1.90. The molecule has 3 amide bonds. The van der Waals surface area contributed by atoms with Crippen molar-refractivity contribution in [1.29, 1.82) is 0 Å². The Bertz CT molecular complexity index is 926. The molecule has 158 valence electrons. The van der Waals surface area contributed by atoms with E-state index in [0.717, 1.165) is 18.4 Å². The number of nitrogens with one attached hydrogen (secondary N) is 3. The molecule has 1 aliphatic rings. The SMILES string of the molecule is Cc1cc(OCC(=O)Nc2ccc(C(=O)NCCNC(=O)C3CC3)cc2)ccc1Cl. The summed E-state index contributed by atoms with van der Waals surface area (Å²) >= 11 is 5.97. The molecule has 0 atom stereocenters. The normalized spacial score (nSPS) is 12.7. The van der Waals surface area contributed by atoms with E-state index >= 15 is 0 Å². The van der Waals surface area contributed by atoms with Gasteiger partial charge in [0, 0.05) is 35.3 Å². The van der Waals surface area contributed by atoms with Crippen LogP contribution in [0.15, 0.2) is 42.5 Å². The first-order valence-corrected chi connectivity index (χ1v) is 10.1. The summed E-state index contributed by atoms with van der Waals surface area (Å²) < 4.78 is 5.46. The molecule has 1 fully saturated rings. The van der Waals surface area contributed by atoms with Crippen molar-refractivity contribution in [2.24, 2.45) is 5.92 Å². The van der Waals surface area contributed by atoms with Gasteiger partial charge in [-0.2, -0.15) is 0 Å². The summed E-state index contributed by atoms with van der Waals surface area (Å²) in [6, 6.07) is 11.7. The fourth-order valence-corrected chi connectivity index (χ4v) is 2.83. The molecule has 7 nitrogen and oxygen atoms in total. The molecule has 30 heavy (non-hydrogen) atoms. The second-order valence-electron chi connectivity index (χ2n) is 7.15. The number of rotatable bonds is 9. The third-order valence-electron chi connectivity index (χ3n) is 4.59. The Hall–Kier alpha value is -3.06. The van der Waals surface area contributed by atoms with Crippen LogP contribution in [-0.4, -0.2) is 37.4 Å². The van der Waals surface area contributed by atoms with E-state index in [0.29, 0.717) is 35.1 Å². The van der Waals surface area contributed by atoms with Crippen molar-refractivity contribution >= 4 is 35.0 Å². The molecule has 0 bridgehead atoms. The average Bonchev–Trinajstić information content (AvgIpc) is 3.58. The summed E-state index contributed by atoms with van der Waals surface area (Å²) in [5.74, 6) is 0.220. The quantitative estimate of drug-likeness (QED) is 0.534. The molecule has 1 aliphatic carbocycles. The fourth-order valence-electron chi connectivity index (χ4n) is 2.71. The van der Waals surface area contributed by atoms with Crippen LogP contribution in [0.25, 0.3) is 0 Å². The van der Waals surface area contributed by atoms with E-state index in [1.165, 1.54) is 0 Å². The molecule has 0 aliphatic heterocycles. The summed E-state index contributed by atoms with van der Waals surface area (Å²) in [5, 5.41) is 8.90. The number of amides is 3. The summed E-state index contributed by atoms with van der Waals surface area (Å²) in [7, 11) is 0. The van der Waals surface area contributed by atoms with Gasteiger partial charge in [-0.1, -0.05) is 11.6 Å². The predicted molar refractivity (Wildman–Crippen MR) is 115 cm³/mol. The Labute approximate surface area is 180 Å². The van der Waals surface area contributed by atoms with E-state index in [4.69, 9.17) is 16.3 Å². The number of hydrogen-bond donors (Lipinski definition) is 3. The van der Waals surface area contributed by atoms with Crippen LogP contribution < -0.4 is 20.7 Å². The lowest BCUT2D eigenvalue weighted by atomic mass is 10.2. The lowest BCUT2D eigenvalue weighted by Crippen LogP contribution is -2.35. The van der Waals surface area contributed by atoms with Gasteiger partial charge in [0.05, 0.1) is 0 Å². The molecule has 2 aromatic rings. The Morgan fingerprint density at radius 2 is 1.73 bits per heavy atom. The van der Waals surface area contributed by atoms with Crippen molar-refractivity contribution in [3.63, 3.8) is 0 Å². The third-order valence-corrected chi connectivity index (χ3v) is 5.01. The zero-order valence-electron chi connectivity index (χ0n) is 16.7. The highest BCUT2D eigenvalue weighted by atomic mass is 35.5. The van der Waals surface area contributed by atoms with Gasteiger partial charge >= 0.3 is 0 Å². The van der Waals surface area contributed by atoms with Gasteiger partial charge in [-0.05, 0) is 67.8 Å². The number of aryl methyl sites for hydroxylation is 1. The molecule has 0 radical (unpaired) electrons. The van der Waals surface area contributed by atoms with Gasteiger partial charge in [0.2, 0.25) is 5.91 Å². The largest absolute Gasteiger partial charge is 0.484 e. The molecule has 0 heterocycles. The number of halogens is 1. The van der Waals surface area contributed by atoms with E-state index in [-0.39, 0.29) is 30.2 Å². The number of ether oxygens (including phenoxy) is 1. The maximum absolute atomic E-state index is 12.1. The monoisotopic (exact) mass is 429 g/mol. The molecule has 8 heteroatoms. The molecule has 0 unspecified atom stereocenters. The maximum atomic E-state index is 12.1. The van der Waals surface area contributed by atoms with Gasteiger partial charge < -0.3 is 20.7 Å². The van der Waals surface area contributed by atoms with Crippen LogP contribution in [0.1, 0.15) is 28.8 Å². The Morgan fingerprint density at radius 1 is 1.03 bits per heavy atom. The molecule has 0 spiro atoms. The van der Waals surface area contributed by atoms with Crippen LogP contribution in [0.3, 0.4) is 0 Å². The van der Waals surface area contributed by atoms with Gasteiger partial charge in [0.25, 0.3) is 11.8 Å². The van der Waals surface area contributed by atoms with E-state index in [1.54, 1.807) is 42.5 Å². The van der Waals surface area contributed by atoms with Gasteiger partial charge in [0.15, 0.2) is 6.61 Å². The minimum Gasteiger partial charge on any atom is -0.484 e. The highest BCUT2D eigenvalue weighted by molar-refractivity contribution is 6.31. The van der Waals surface area contributed by atoms with Crippen LogP contribution in [0, 0.1) is 12.8 Å². The average molecular weight is 430 g/mol. The number of hydrogen-bond acceptors (Lipinski definition) is 4. The zero-order chi connectivity index (χ0) is 21.5. The second-order valence-corrected chi connectivity index (χ2v) is 7.55. The van der Waals surface area contributed by atoms with Crippen LogP contribution in [-0.2, 0) is 9.59 Å². The van der Waals surface area contributed by atoms with Gasteiger partial charge in [-0.25, -0.2) is 0 Å². The molecular formula is C22H24ClN3O4. The highest BCUT2D eigenvalue weighted by Gasteiger charge is 2.28. The highest BCUT2D eigenvalue weighted by Crippen LogP contribution is 2.28. The van der Waals surface area contributed by atoms with Crippen molar-refractivity contribution in [3.8, 4) is 5.75 Å². The fraction of sp³-hybridized carbons (Fsp3) is 0.318. The molecular weight excluding hydrogens is 406 g/mol. The first kappa shape index (κ1) is 21.6. The number of anilines is 1. The first-order chi connectivity index (χ1) is 14.4. The van der Waals surface area contributed by atoms with Gasteiger partial charge in [-0.15, -0.1) is 0 Å². The van der Waals surface area contributed by atoms with Gasteiger partial charge in [0.1, 0.15) is 5.75 Å². The maximum Gasteiger partial charge on any atom is 0.262 e. The van der Waals surface area contributed by atoms with Crippen LogP contribution in [0.5, 0.6) is 5.75 Å². The number of benzene rings is 2. The van der Waals surface area contributed by atoms with Crippen LogP contribution in [0.2, 0.25) is 5.02 Å². The minimum atomic E-state index is -0.314. The van der Waals surface area contributed by atoms with E-state index < -0.39 is 0 Å². The van der Waals surface area contributed by atoms with Gasteiger partial charge in [-0.3, -0.25) is 14.4 Å². The lowest BCUT2D eigenvalue weighted by molar-refractivity contribution is -0.122. The summed E-state index contributed by atoms with van der Waals surface area (Å²) in [6.07, 6.45) is 1.90. The van der Waals surface area contributed by atoms with Crippen LogP contribution in [0.4, 0.5) is 5.69 Å². The van der Waals surface area contributed by atoms with E-state index in [9.17, 15) is 14.4 Å². The molecule has 0 aromatic heterocycles. The lowest BCUT2D eigenvalue weighted by Gasteiger charge is -2.10. The standard InChI is InChI=1S/C22H24ClN3O4/c1-14-12-18(8-9-19(14)23)30-13-20(27)26-17-6-4-16(5-7-17)22(29)25-11-10-24-21(28)15-2-3-15/h4-9,12,15H,2-3,10-11,13H2,1H3,(H,24,28)(H,25,29)(H,26,27). The smallest absolute Gasteiger partial charge is 0.262 e. The molecule has 3 rings (SSSR count). The predicted octanol–water partition coefficient (Wildman–Crippen LogP) is 2.92. The summed E-state index contributed by atoms with van der Waals surface area (Å²) in [4.78, 5) is 35.7. The van der Waals surface area contributed by atoms with Crippen LogP contribution >= 0.6 is 11.6 Å². The topological polar surface area (TPSA) is 96.5 Å². The molecule has 0 saturated heterocycles. The first-order valence-electron chi connectivity index (χ1n) is 9.77. The van der Waals surface area contributed by atoms with Crippen molar-refractivity contribution in [3.05, 3.63) is 58.6 Å². The number of carbonyl (C=O) groups is 3. The second kappa shape index (κ2) is 10.1. The minimum absolute atomic E-state index is 0.0551. The zero-order valence-corrected chi connectivity index (χ0v) is 17.4. The molecule has 2 aromatic carbocycles. The van der Waals surface area contributed by atoms with Crippen molar-refractivity contribution in [2.75, 3.05) is 25.0 Å². The Morgan fingerprint density at radius 3 is 2.40 bits per heavy atom. The Kier molecular flexibility index (Phi) is 7.30. The van der Waals surface area contributed by atoms with Crippen molar-refractivity contribution in [2.45, 2.75) is 19.8 Å². The third kappa shape index (κ3) is 6.49. The van der Waals surface area contributed by atoms with Crippen molar-refractivity contribution in [1.82, 2.24) is 10.6 Å². The summed E-state index contributed by atoms with van der Waals surface area (Å²) in [6.45, 7) is 2.48. The van der Waals surface area contributed by atoms with Crippen molar-refractivity contribution < 1.29 is 19.1 Å². The number of carbonyl (C=O) groups excluding carboxylic acids is 3.